The zero-order valence-electron chi connectivity index (χ0n) is 12.6. The van der Waals surface area contributed by atoms with Gasteiger partial charge in [-0.25, -0.2) is 9.97 Å². The highest BCUT2D eigenvalue weighted by molar-refractivity contribution is 5.93. The lowest BCUT2D eigenvalue weighted by atomic mass is 10.1. The lowest BCUT2D eigenvalue weighted by molar-refractivity contribution is 0.0515. The van der Waals surface area contributed by atoms with E-state index in [0.29, 0.717) is 18.1 Å². The molecule has 0 bridgehead atoms. The average molecular weight is 301 g/mol. The third-order valence-corrected chi connectivity index (χ3v) is 3.80. The first kappa shape index (κ1) is 14.6. The average Bonchev–Trinajstić information content (AvgIpc) is 3.09. The van der Waals surface area contributed by atoms with E-state index in [1.165, 1.54) is 12.5 Å². The first-order valence-corrected chi connectivity index (χ1v) is 7.55. The van der Waals surface area contributed by atoms with E-state index in [4.69, 9.17) is 9.15 Å². The van der Waals surface area contributed by atoms with Crippen LogP contribution in [0.2, 0.25) is 0 Å². The minimum atomic E-state index is -0.0722. The van der Waals surface area contributed by atoms with Gasteiger partial charge in [-0.1, -0.05) is 6.92 Å². The van der Waals surface area contributed by atoms with Crippen LogP contribution in [0.4, 0.5) is 0 Å². The van der Waals surface area contributed by atoms with Crippen LogP contribution in [-0.4, -0.2) is 40.0 Å². The minimum absolute atomic E-state index is 0.0238. The van der Waals surface area contributed by atoms with Gasteiger partial charge in [0.05, 0.1) is 18.4 Å². The van der Waals surface area contributed by atoms with Crippen molar-refractivity contribution < 1.29 is 13.9 Å². The van der Waals surface area contributed by atoms with Crippen LogP contribution >= 0.6 is 0 Å². The molecule has 1 atom stereocenters. The Morgan fingerprint density at radius 2 is 2.27 bits per heavy atom. The molecule has 3 rings (SSSR count). The van der Waals surface area contributed by atoms with Crippen molar-refractivity contribution in [2.45, 2.75) is 32.3 Å². The predicted octanol–water partition coefficient (Wildman–Crippen LogP) is 2.32. The third kappa shape index (κ3) is 3.27. The molecule has 1 aliphatic rings. The normalized spacial score (nSPS) is 18.2. The monoisotopic (exact) mass is 301 g/mol. The van der Waals surface area contributed by atoms with Crippen LogP contribution < -0.4 is 4.74 Å². The van der Waals surface area contributed by atoms with E-state index in [2.05, 4.69) is 16.9 Å². The summed E-state index contributed by atoms with van der Waals surface area (Å²) in [7, 11) is 0. The van der Waals surface area contributed by atoms with Gasteiger partial charge < -0.3 is 14.1 Å². The summed E-state index contributed by atoms with van der Waals surface area (Å²) in [6.45, 7) is 3.34. The topological polar surface area (TPSA) is 68.5 Å². The second kappa shape index (κ2) is 6.60. The van der Waals surface area contributed by atoms with Crippen LogP contribution in [0.1, 0.15) is 35.7 Å². The van der Waals surface area contributed by atoms with Gasteiger partial charge >= 0.3 is 6.01 Å². The highest BCUT2D eigenvalue weighted by atomic mass is 16.5. The molecular formula is C16H19N3O3. The smallest absolute Gasteiger partial charge is 0.316 e. The first-order valence-electron chi connectivity index (χ1n) is 7.55. The van der Waals surface area contributed by atoms with E-state index >= 15 is 0 Å². The van der Waals surface area contributed by atoms with E-state index in [1.807, 2.05) is 0 Å². The maximum Gasteiger partial charge on any atom is 0.316 e. The van der Waals surface area contributed by atoms with Crippen LogP contribution in [0.5, 0.6) is 6.01 Å². The number of likely N-dealkylation sites (tertiary alicyclic amines) is 1. The molecule has 0 aliphatic carbocycles. The zero-order chi connectivity index (χ0) is 15.4. The Morgan fingerprint density at radius 3 is 2.95 bits per heavy atom. The summed E-state index contributed by atoms with van der Waals surface area (Å²) < 4.78 is 10.8. The van der Waals surface area contributed by atoms with Crippen LogP contribution in [0, 0.1) is 0 Å². The summed E-state index contributed by atoms with van der Waals surface area (Å²) in [5.41, 5.74) is 1.65. The van der Waals surface area contributed by atoms with Crippen molar-refractivity contribution in [3.63, 3.8) is 0 Å². The number of piperidine rings is 1. The molecule has 1 unspecified atom stereocenters. The highest BCUT2D eigenvalue weighted by Gasteiger charge is 2.26. The van der Waals surface area contributed by atoms with Crippen molar-refractivity contribution in [1.29, 1.82) is 0 Å². The van der Waals surface area contributed by atoms with Gasteiger partial charge in [0.25, 0.3) is 5.91 Å². The molecule has 0 spiro atoms. The number of carbonyl (C=O) groups is 1. The number of furan rings is 1. The molecule has 1 aliphatic heterocycles. The molecule has 3 heterocycles. The molecule has 0 aromatic carbocycles. The number of aromatic nitrogens is 2. The zero-order valence-corrected chi connectivity index (χ0v) is 12.6. The summed E-state index contributed by atoms with van der Waals surface area (Å²) >= 11 is 0. The SMILES string of the molecule is CCc1cnc(OC2CCCN(C(=O)c3ccoc3)C2)nc1. The highest BCUT2D eigenvalue weighted by Crippen LogP contribution is 2.17. The molecule has 1 amide bonds. The quantitative estimate of drug-likeness (QED) is 0.867. The van der Waals surface area contributed by atoms with Crippen LogP contribution in [0.15, 0.2) is 35.4 Å². The van der Waals surface area contributed by atoms with Crippen LogP contribution in [-0.2, 0) is 6.42 Å². The largest absolute Gasteiger partial charge is 0.472 e. The van der Waals surface area contributed by atoms with Gasteiger partial charge in [-0.3, -0.25) is 4.79 Å². The van der Waals surface area contributed by atoms with Crippen molar-refractivity contribution in [2.75, 3.05) is 13.1 Å². The third-order valence-electron chi connectivity index (χ3n) is 3.80. The molecule has 1 fully saturated rings. The van der Waals surface area contributed by atoms with Gasteiger partial charge in [-0.15, -0.1) is 0 Å². The number of hydrogen-bond donors (Lipinski definition) is 0. The van der Waals surface area contributed by atoms with E-state index in [-0.39, 0.29) is 12.0 Å². The molecule has 0 saturated carbocycles. The van der Waals surface area contributed by atoms with Gasteiger partial charge in [0.15, 0.2) is 0 Å². The molecule has 2 aromatic heterocycles. The lowest BCUT2D eigenvalue weighted by Gasteiger charge is -2.32. The Hall–Kier alpha value is -2.37. The first-order chi connectivity index (χ1) is 10.8. The van der Waals surface area contributed by atoms with E-state index in [1.54, 1.807) is 23.4 Å². The Morgan fingerprint density at radius 1 is 1.45 bits per heavy atom. The molecule has 6 heteroatoms. The summed E-state index contributed by atoms with van der Waals surface area (Å²) in [6, 6.07) is 2.05. The number of carbonyl (C=O) groups excluding carboxylic acids is 1. The van der Waals surface area contributed by atoms with E-state index in [0.717, 1.165) is 31.4 Å². The van der Waals surface area contributed by atoms with Gasteiger partial charge in [-0.2, -0.15) is 0 Å². The summed E-state index contributed by atoms with van der Waals surface area (Å²) in [6.07, 6.45) is 9.16. The molecule has 22 heavy (non-hydrogen) atoms. The van der Waals surface area contributed by atoms with Gasteiger partial charge in [-0.05, 0) is 30.9 Å². The van der Waals surface area contributed by atoms with Crippen LogP contribution in [0.3, 0.4) is 0 Å². The van der Waals surface area contributed by atoms with Crippen LogP contribution in [0.25, 0.3) is 0 Å². The number of hydrogen-bond acceptors (Lipinski definition) is 5. The number of aryl methyl sites for hydroxylation is 1. The van der Waals surface area contributed by atoms with Crippen molar-refractivity contribution in [1.82, 2.24) is 14.9 Å². The molecule has 6 nitrogen and oxygen atoms in total. The number of amides is 1. The van der Waals surface area contributed by atoms with Crippen molar-refractivity contribution in [3.05, 3.63) is 42.1 Å². The van der Waals surface area contributed by atoms with Crippen molar-refractivity contribution in [2.24, 2.45) is 0 Å². The standard InChI is InChI=1S/C16H19N3O3/c1-2-12-8-17-16(18-9-12)22-14-4-3-6-19(10-14)15(20)13-5-7-21-11-13/h5,7-9,11,14H,2-4,6,10H2,1H3. The number of nitrogens with zero attached hydrogens (tertiary/aromatic N) is 3. The molecular weight excluding hydrogens is 282 g/mol. The lowest BCUT2D eigenvalue weighted by Crippen LogP contribution is -2.44. The summed E-state index contributed by atoms with van der Waals surface area (Å²) in [4.78, 5) is 22.5. The van der Waals surface area contributed by atoms with E-state index < -0.39 is 0 Å². The summed E-state index contributed by atoms with van der Waals surface area (Å²) in [5, 5.41) is 0. The number of ether oxygens (including phenoxy) is 1. The Labute approximate surface area is 129 Å². The van der Waals surface area contributed by atoms with Gasteiger partial charge in [0.2, 0.25) is 0 Å². The molecule has 1 saturated heterocycles. The Bertz CT molecular complexity index is 610. The summed E-state index contributed by atoms with van der Waals surface area (Å²) in [5.74, 6) is -0.0238. The Kier molecular flexibility index (Phi) is 4.37. The van der Waals surface area contributed by atoms with E-state index in [9.17, 15) is 4.79 Å². The second-order valence-electron chi connectivity index (χ2n) is 5.37. The molecule has 0 radical (unpaired) electrons. The van der Waals surface area contributed by atoms with Gasteiger partial charge in [0, 0.05) is 18.9 Å². The van der Waals surface area contributed by atoms with Gasteiger partial charge in [0.1, 0.15) is 12.4 Å². The molecule has 2 aromatic rings. The fraction of sp³-hybridized carbons (Fsp3) is 0.438. The maximum absolute atomic E-state index is 12.3. The predicted molar refractivity (Wildman–Crippen MR) is 79.7 cm³/mol. The minimum Gasteiger partial charge on any atom is -0.472 e. The van der Waals surface area contributed by atoms with Crippen molar-refractivity contribution >= 4 is 5.91 Å². The Balaban J connectivity index is 1.61. The fourth-order valence-corrected chi connectivity index (χ4v) is 2.52. The molecule has 0 N–H and O–H groups in total. The van der Waals surface area contributed by atoms with Crippen molar-refractivity contribution in [3.8, 4) is 6.01 Å². The maximum atomic E-state index is 12.3. The number of rotatable bonds is 4. The molecule has 116 valence electrons. The fourth-order valence-electron chi connectivity index (χ4n) is 2.52. The second-order valence-corrected chi connectivity index (χ2v) is 5.37.